The van der Waals surface area contributed by atoms with Crippen molar-refractivity contribution in [3.05, 3.63) is 65.5 Å². The van der Waals surface area contributed by atoms with Gasteiger partial charge in [0.25, 0.3) is 0 Å². The van der Waals surface area contributed by atoms with Crippen LogP contribution >= 0.6 is 0 Å². The second-order valence-corrected chi connectivity index (χ2v) is 7.13. The molecule has 6 heteroatoms. The lowest BCUT2D eigenvalue weighted by atomic mass is 10.0. The first-order valence-corrected chi connectivity index (χ1v) is 9.26. The van der Waals surface area contributed by atoms with Crippen LogP contribution in [0, 0.1) is 0 Å². The fraction of sp³-hybridized carbons (Fsp3) is 0.227. The van der Waals surface area contributed by atoms with Crippen LogP contribution in [0.2, 0.25) is 0 Å². The van der Waals surface area contributed by atoms with E-state index in [0.717, 1.165) is 27.6 Å². The standard InChI is InChI=1S/C22H22N4O2/c1-25-13-17(18-5-3-4-6-19(18)25)14-26(2)21(28)10-7-15-11-16-8-9-20(27)24-22(16)23-12-15/h3-7,10-13H,8-9,14H2,1-2H3,(H,23,24,27). The molecule has 0 radical (unpaired) electrons. The summed E-state index contributed by atoms with van der Waals surface area (Å²) in [6.45, 7) is 0.541. The van der Waals surface area contributed by atoms with E-state index < -0.39 is 0 Å². The maximum Gasteiger partial charge on any atom is 0.246 e. The normalized spacial score (nSPS) is 13.6. The van der Waals surface area contributed by atoms with Crippen LogP contribution in [-0.2, 0) is 29.6 Å². The van der Waals surface area contributed by atoms with Gasteiger partial charge in [0.1, 0.15) is 5.82 Å². The van der Waals surface area contributed by atoms with Gasteiger partial charge in [-0.1, -0.05) is 18.2 Å². The molecule has 2 amide bonds. The average Bonchev–Trinajstić information content (AvgIpc) is 3.01. The molecule has 6 nitrogen and oxygen atoms in total. The number of benzene rings is 1. The molecule has 0 saturated heterocycles. The molecule has 1 aliphatic heterocycles. The van der Waals surface area contributed by atoms with Gasteiger partial charge < -0.3 is 14.8 Å². The fourth-order valence-corrected chi connectivity index (χ4v) is 3.55. The number of hydrogen-bond donors (Lipinski definition) is 1. The van der Waals surface area contributed by atoms with E-state index in [2.05, 4.69) is 33.2 Å². The molecule has 0 fully saturated rings. The number of nitrogens with one attached hydrogen (secondary N) is 1. The third kappa shape index (κ3) is 3.53. The van der Waals surface area contributed by atoms with Crippen LogP contribution < -0.4 is 5.32 Å². The molecule has 0 aliphatic carbocycles. The molecule has 0 unspecified atom stereocenters. The molecule has 0 saturated carbocycles. The van der Waals surface area contributed by atoms with E-state index in [9.17, 15) is 9.59 Å². The van der Waals surface area contributed by atoms with Gasteiger partial charge in [-0.05, 0) is 41.3 Å². The van der Waals surface area contributed by atoms with Crippen LogP contribution in [0.1, 0.15) is 23.1 Å². The minimum absolute atomic E-state index is 0.00599. The Labute approximate surface area is 163 Å². The molecule has 0 atom stereocenters. The Morgan fingerprint density at radius 1 is 1.32 bits per heavy atom. The highest BCUT2D eigenvalue weighted by atomic mass is 16.2. The molecule has 1 aliphatic rings. The molecule has 0 spiro atoms. The molecule has 142 valence electrons. The van der Waals surface area contributed by atoms with Crippen molar-refractivity contribution >= 4 is 34.6 Å². The first-order chi connectivity index (χ1) is 13.5. The largest absolute Gasteiger partial charge is 0.350 e. The first-order valence-electron chi connectivity index (χ1n) is 9.26. The molecule has 4 rings (SSSR count). The van der Waals surface area contributed by atoms with Crippen molar-refractivity contribution in [2.75, 3.05) is 12.4 Å². The van der Waals surface area contributed by atoms with Gasteiger partial charge in [-0.25, -0.2) is 4.98 Å². The van der Waals surface area contributed by atoms with Gasteiger partial charge in [0.05, 0.1) is 0 Å². The fourth-order valence-electron chi connectivity index (χ4n) is 3.55. The Kier molecular flexibility index (Phi) is 4.69. The number of likely N-dealkylation sites (N-methyl/N-ethyl adjacent to an activating group) is 1. The predicted octanol–water partition coefficient (Wildman–Crippen LogP) is 3.13. The van der Waals surface area contributed by atoms with E-state index in [0.29, 0.717) is 25.2 Å². The Morgan fingerprint density at radius 3 is 3.00 bits per heavy atom. The summed E-state index contributed by atoms with van der Waals surface area (Å²) in [7, 11) is 3.81. The summed E-state index contributed by atoms with van der Waals surface area (Å²) >= 11 is 0. The number of anilines is 1. The summed E-state index contributed by atoms with van der Waals surface area (Å²) in [6, 6.07) is 10.2. The minimum Gasteiger partial charge on any atom is -0.350 e. The Bertz CT molecular complexity index is 1100. The highest BCUT2D eigenvalue weighted by Gasteiger charge is 2.16. The zero-order chi connectivity index (χ0) is 19.7. The zero-order valence-electron chi connectivity index (χ0n) is 16.0. The predicted molar refractivity (Wildman–Crippen MR) is 110 cm³/mol. The number of carbonyl (C=O) groups is 2. The van der Waals surface area contributed by atoms with Crippen molar-refractivity contribution < 1.29 is 9.59 Å². The number of fused-ring (bicyclic) bond motifs is 2. The Morgan fingerprint density at radius 2 is 2.14 bits per heavy atom. The second kappa shape index (κ2) is 7.31. The quantitative estimate of drug-likeness (QED) is 0.714. The Balaban J connectivity index is 1.46. The van der Waals surface area contributed by atoms with Crippen LogP contribution in [0.15, 0.2) is 48.8 Å². The average molecular weight is 374 g/mol. The molecule has 3 heterocycles. The number of aromatic nitrogens is 2. The number of para-hydroxylation sites is 1. The van der Waals surface area contributed by atoms with Gasteiger partial charge in [-0.2, -0.15) is 0 Å². The summed E-state index contributed by atoms with van der Waals surface area (Å²) in [5.74, 6) is 0.542. The third-order valence-corrected chi connectivity index (χ3v) is 5.05. The highest BCUT2D eigenvalue weighted by Crippen LogP contribution is 2.22. The number of hydrogen-bond acceptors (Lipinski definition) is 3. The first kappa shape index (κ1) is 18.0. The van der Waals surface area contributed by atoms with Gasteiger partial charge in [0.2, 0.25) is 11.8 Å². The molecule has 2 aromatic heterocycles. The van der Waals surface area contributed by atoms with Gasteiger partial charge in [0, 0.05) is 56.4 Å². The number of rotatable bonds is 4. The van der Waals surface area contributed by atoms with Crippen molar-refractivity contribution in [2.45, 2.75) is 19.4 Å². The summed E-state index contributed by atoms with van der Waals surface area (Å²) in [5, 5.41) is 3.92. The van der Waals surface area contributed by atoms with Crippen molar-refractivity contribution in [1.29, 1.82) is 0 Å². The van der Waals surface area contributed by atoms with Gasteiger partial charge in [-0.3, -0.25) is 9.59 Å². The van der Waals surface area contributed by atoms with E-state index in [-0.39, 0.29) is 11.8 Å². The van der Waals surface area contributed by atoms with E-state index in [4.69, 9.17) is 0 Å². The van der Waals surface area contributed by atoms with Crippen LogP contribution in [0.25, 0.3) is 17.0 Å². The maximum absolute atomic E-state index is 12.6. The van der Waals surface area contributed by atoms with Crippen molar-refractivity contribution in [3.8, 4) is 0 Å². The molecule has 0 bridgehead atoms. The van der Waals surface area contributed by atoms with Gasteiger partial charge >= 0.3 is 0 Å². The second-order valence-electron chi connectivity index (χ2n) is 7.13. The van der Waals surface area contributed by atoms with Crippen molar-refractivity contribution in [3.63, 3.8) is 0 Å². The number of aryl methyl sites for hydroxylation is 2. The topological polar surface area (TPSA) is 67.2 Å². The smallest absolute Gasteiger partial charge is 0.246 e. The molecular formula is C22H22N4O2. The van der Waals surface area contributed by atoms with Crippen molar-refractivity contribution in [1.82, 2.24) is 14.5 Å². The van der Waals surface area contributed by atoms with Gasteiger partial charge in [0.15, 0.2) is 0 Å². The lowest BCUT2D eigenvalue weighted by Crippen LogP contribution is -2.24. The summed E-state index contributed by atoms with van der Waals surface area (Å²) in [6.07, 6.45) is 8.21. The lowest BCUT2D eigenvalue weighted by molar-refractivity contribution is -0.125. The lowest BCUT2D eigenvalue weighted by Gasteiger charge is -2.16. The monoisotopic (exact) mass is 374 g/mol. The number of amides is 2. The van der Waals surface area contributed by atoms with Gasteiger partial charge in [-0.15, -0.1) is 0 Å². The Hall–Kier alpha value is -3.41. The maximum atomic E-state index is 12.6. The zero-order valence-corrected chi connectivity index (χ0v) is 16.0. The van der Waals surface area contributed by atoms with Crippen LogP contribution in [-0.4, -0.2) is 33.3 Å². The minimum atomic E-state index is -0.0704. The molecular weight excluding hydrogens is 352 g/mol. The number of carbonyl (C=O) groups excluding carboxylic acids is 2. The van der Waals surface area contributed by atoms with E-state index in [1.54, 1.807) is 30.3 Å². The number of nitrogens with zero attached hydrogens (tertiary/aromatic N) is 3. The van der Waals surface area contributed by atoms with E-state index in [1.165, 1.54) is 0 Å². The van der Waals surface area contributed by atoms with E-state index >= 15 is 0 Å². The third-order valence-electron chi connectivity index (χ3n) is 5.05. The molecule has 3 aromatic rings. The summed E-state index contributed by atoms with van der Waals surface area (Å²) in [5.41, 5.74) is 4.12. The molecule has 28 heavy (non-hydrogen) atoms. The molecule has 1 aromatic carbocycles. The van der Waals surface area contributed by atoms with Crippen LogP contribution in [0.5, 0.6) is 0 Å². The SMILES string of the molecule is CN(Cc1cn(C)c2ccccc12)C(=O)C=Cc1cnc2c(c1)CCC(=O)N2. The van der Waals surface area contributed by atoms with Crippen LogP contribution in [0.3, 0.4) is 0 Å². The number of pyridine rings is 1. The van der Waals surface area contributed by atoms with E-state index in [1.807, 2.05) is 25.2 Å². The summed E-state index contributed by atoms with van der Waals surface area (Å²) < 4.78 is 2.08. The molecule has 1 N–H and O–H groups in total. The highest BCUT2D eigenvalue weighted by molar-refractivity contribution is 5.94. The van der Waals surface area contributed by atoms with Crippen molar-refractivity contribution in [2.24, 2.45) is 7.05 Å². The van der Waals surface area contributed by atoms with Crippen LogP contribution in [0.4, 0.5) is 5.82 Å². The summed E-state index contributed by atoms with van der Waals surface area (Å²) in [4.78, 5) is 30.0.